The van der Waals surface area contributed by atoms with Gasteiger partial charge in [-0.2, -0.15) is 13.1 Å². The zero-order chi connectivity index (χ0) is 13.1. The van der Waals surface area contributed by atoms with Crippen molar-refractivity contribution in [1.82, 2.24) is 14.8 Å². The predicted octanol–water partition coefficient (Wildman–Crippen LogP) is 0.740. The van der Waals surface area contributed by atoms with Crippen LogP contribution < -0.4 is 14.8 Å². The number of piperidine rings is 1. The fraction of sp³-hybridized carbons (Fsp3) is 1.00. The minimum absolute atomic E-state index is 0.246. The Labute approximate surface area is 105 Å². The Balaban J connectivity index is 2.39. The average molecular weight is 263 g/mol. The van der Waals surface area contributed by atoms with Gasteiger partial charge >= 0.3 is 0 Å². The molecule has 1 saturated heterocycles. The van der Waals surface area contributed by atoms with Crippen molar-refractivity contribution in [3.05, 3.63) is 0 Å². The zero-order valence-corrected chi connectivity index (χ0v) is 12.0. The molecule has 0 saturated carbocycles. The van der Waals surface area contributed by atoms with E-state index < -0.39 is 15.7 Å². The van der Waals surface area contributed by atoms with Crippen LogP contribution in [0.3, 0.4) is 0 Å². The monoisotopic (exact) mass is 263 g/mol. The van der Waals surface area contributed by atoms with Crippen LogP contribution in [-0.4, -0.2) is 32.6 Å². The Morgan fingerprint density at radius 1 is 1.29 bits per heavy atom. The van der Waals surface area contributed by atoms with Crippen LogP contribution in [0.15, 0.2) is 0 Å². The van der Waals surface area contributed by atoms with Gasteiger partial charge in [0.05, 0.1) is 0 Å². The second-order valence-corrected chi connectivity index (χ2v) is 7.40. The molecule has 6 heteroatoms. The summed E-state index contributed by atoms with van der Waals surface area (Å²) < 4.78 is 28.6. The average Bonchev–Trinajstić information content (AvgIpc) is 2.11. The number of hydrogen-bond acceptors (Lipinski definition) is 3. The fourth-order valence-electron chi connectivity index (χ4n) is 2.05. The highest BCUT2D eigenvalue weighted by atomic mass is 32.2. The molecule has 0 aliphatic carbocycles. The van der Waals surface area contributed by atoms with Crippen LogP contribution in [0.1, 0.15) is 47.0 Å². The largest absolute Gasteiger partial charge is 0.310 e. The molecule has 17 heavy (non-hydrogen) atoms. The number of hydrogen-bond donors (Lipinski definition) is 3. The molecule has 3 N–H and O–H groups in total. The van der Waals surface area contributed by atoms with Gasteiger partial charge in [0.2, 0.25) is 0 Å². The molecule has 1 aliphatic heterocycles. The highest BCUT2D eigenvalue weighted by molar-refractivity contribution is 7.87. The van der Waals surface area contributed by atoms with E-state index in [9.17, 15) is 8.42 Å². The van der Waals surface area contributed by atoms with E-state index in [1.807, 2.05) is 20.8 Å². The van der Waals surface area contributed by atoms with Crippen LogP contribution in [0.4, 0.5) is 0 Å². The van der Waals surface area contributed by atoms with Gasteiger partial charge in [0.25, 0.3) is 10.2 Å². The summed E-state index contributed by atoms with van der Waals surface area (Å²) in [7, 11) is -3.40. The van der Waals surface area contributed by atoms with Crippen LogP contribution in [0.25, 0.3) is 0 Å². The first-order chi connectivity index (χ1) is 7.68. The lowest BCUT2D eigenvalue weighted by atomic mass is 10.00. The van der Waals surface area contributed by atoms with Crippen molar-refractivity contribution in [2.45, 2.75) is 64.6 Å². The van der Waals surface area contributed by atoms with Crippen LogP contribution in [0.2, 0.25) is 0 Å². The van der Waals surface area contributed by atoms with Crippen molar-refractivity contribution in [1.29, 1.82) is 0 Å². The maximum absolute atomic E-state index is 11.7. The smallest absolute Gasteiger partial charge is 0.277 e. The van der Waals surface area contributed by atoms with Gasteiger partial charge in [0, 0.05) is 24.2 Å². The summed E-state index contributed by atoms with van der Waals surface area (Å²) in [6.07, 6.45) is 3.36. The highest BCUT2D eigenvalue weighted by Crippen LogP contribution is 2.11. The summed E-state index contributed by atoms with van der Waals surface area (Å²) >= 11 is 0. The van der Waals surface area contributed by atoms with Gasteiger partial charge in [-0.05, 0) is 40.5 Å². The van der Waals surface area contributed by atoms with E-state index in [0.717, 1.165) is 12.8 Å². The lowest BCUT2D eigenvalue weighted by molar-refractivity contribution is 0.333. The van der Waals surface area contributed by atoms with Gasteiger partial charge in [0.15, 0.2) is 0 Å². The van der Waals surface area contributed by atoms with E-state index in [2.05, 4.69) is 21.7 Å². The lowest BCUT2D eigenvalue weighted by Gasteiger charge is -2.29. The van der Waals surface area contributed by atoms with E-state index in [-0.39, 0.29) is 6.04 Å². The summed E-state index contributed by atoms with van der Waals surface area (Å²) in [6, 6.07) is 0.726. The Bertz CT molecular complexity index is 335. The van der Waals surface area contributed by atoms with E-state index in [0.29, 0.717) is 12.6 Å². The highest BCUT2D eigenvalue weighted by Gasteiger charge is 2.22. The van der Waals surface area contributed by atoms with Gasteiger partial charge in [-0.25, -0.2) is 4.72 Å². The molecule has 0 aromatic rings. The molecule has 2 unspecified atom stereocenters. The molecule has 0 amide bonds. The van der Waals surface area contributed by atoms with Crippen LogP contribution in [0.5, 0.6) is 0 Å². The van der Waals surface area contributed by atoms with Crippen LogP contribution >= 0.6 is 0 Å². The van der Waals surface area contributed by atoms with Gasteiger partial charge < -0.3 is 5.32 Å². The van der Waals surface area contributed by atoms with Gasteiger partial charge in [0.1, 0.15) is 0 Å². The third kappa shape index (κ3) is 6.35. The second-order valence-electron chi connectivity index (χ2n) is 5.90. The third-order valence-electron chi connectivity index (χ3n) is 2.67. The Morgan fingerprint density at radius 3 is 2.47 bits per heavy atom. The fourth-order valence-corrected chi connectivity index (χ4v) is 3.35. The van der Waals surface area contributed by atoms with E-state index >= 15 is 0 Å². The van der Waals surface area contributed by atoms with Crippen molar-refractivity contribution in [3.63, 3.8) is 0 Å². The van der Waals surface area contributed by atoms with Crippen LogP contribution in [0, 0.1) is 0 Å². The summed E-state index contributed by atoms with van der Waals surface area (Å²) in [5, 5.41) is 3.40. The molecule has 1 heterocycles. The summed E-state index contributed by atoms with van der Waals surface area (Å²) in [6.45, 7) is 8.07. The molecule has 0 radical (unpaired) electrons. The molecule has 2 atom stereocenters. The first kappa shape index (κ1) is 14.9. The molecule has 5 nitrogen and oxygen atoms in total. The first-order valence-corrected chi connectivity index (χ1v) is 7.71. The van der Waals surface area contributed by atoms with E-state index in [1.165, 1.54) is 6.42 Å². The molecule has 1 aliphatic rings. The van der Waals surface area contributed by atoms with E-state index in [4.69, 9.17) is 0 Å². The molecule has 0 bridgehead atoms. The molecule has 102 valence electrons. The Kier molecular flexibility index (Phi) is 4.95. The standard InChI is InChI=1S/C11H25N3O2S/c1-9-6-5-7-10(13-9)8-12-17(15,16)14-11(2,3)4/h9-10,12-14H,5-8H2,1-4H3. The third-order valence-corrected chi connectivity index (χ3v) is 4.10. The summed E-state index contributed by atoms with van der Waals surface area (Å²) in [4.78, 5) is 0. The maximum atomic E-state index is 11.7. The van der Waals surface area contributed by atoms with Crippen molar-refractivity contribution in [2.75, 3.05) is 6.54 Å². The topological polar surface area (TPSA) is 70.2 Å². The zero-order valence-electron chi connectivity index (χ0n) is 11.2. The maximum Gasteiger partial charge on any atom is 0.277 e. The first-order valence-electron chi connectivity index (χ1n) is 6.22. The minimum Gasteiger partial charge on any atom is -0.310 e. The van der Waals surface area contributed by atoms with Crippen molar-refractivity contribution in [3.8, 4) is 0 Å². The van der Waals surface area contributed by atoms with Crippen molar-refractivity contribution < 1.29 is 8.42 Å². The predicted molar refractivity (Wildman–Crippen MR) is 70.0 cm³/mol. The van der Waals surface area contributed by atoms with Crippen molar-refractivity contribution >= 4 is 10.2 Å². The molecular formula is C11H25N3O2S. The number of rotatable bonds is 4. The molecule has 0 aromatic heterocycles. The van der Waals surface area contributed by atoms with Gasteiger partial charge in [-0.3, -0.25) is 0 Å². The Hall–Kier alpha value is -0.170. The normalized spacial score (nSPS) is 27.1. The lowest BCUT2D eigenvalue weighted by Crippen LogP contribution is -2.52. The minimum atomic E-state index is -3.40. The quantitative estimate of drug-likeness (QED) is 0.700. The van der Waals surface area contributed by atoms with Gasteiger partial charge in [-0.15, -0.1) is 0 Å². The van der Waals surface area contributed by atoms with Crippen LogP contribution in [-0.2, 0) is 10.2 Å². The second kappa shape index (κ2) is 5.65. The van der Waals surface area contributed by atoms with Gasteiger partial charge in [-0.1, -0.05) is 6.42 Å². The molecule has 0 spiro atoms. The molecule has 1 rings (SSSR count). The summed E-state index contributed by atoms with van der Waals surface area (Å²) in [5.41, 5.74) is -0.445. The molecule has 0 aromatic carbocycles. The Morgan fingerprint density at radius 2 is 1.94 bits per heavy atom. The molecule has 1 fully saturated rings. The SMILES string of the molecule is CC1CCCC(CNS(=O)(=O)NC(C)(C)C)N1. The van der Waals surface area contributed by atoms with E-state index in [1.54, 1.807) is 0 Å². The summed E-state index contributed by atoms with van der Waals surface area (Å²) in [5.74, 6) is 0. The molecular weight excluding hydrogens is 238 g/mol. The number of nitrogens with one attached hydrogen (secondary N) is 3. The van der Waals surface area contributed by atoms with Crippen molar-refractivity contribution in [2.24, 2.45) is 0 Å².